The summed E-state index contributed by atoms with van der Waals surface area (Å²) in [6.07, 6.45) is 4.04. The first-order valence-corrected chi connectivity index (χ1v) is 7.45. The molecule has 0 aliphatic rings. The maximum Gasteiger partial charge on any atom is 0.168 e. The van der Waals surface area contributed by atoms with Crippen LogP contribution >= 0.6 is 11.6 Å². The third-order valence-electron chi connectivity index (χ3n) is 3.56. The zero-order valence-electron chi connectivity index (χ0n) is 12.1. The van der Waals surface area contributed by atoms with E-state index in [1.165, 1.54) is 18.2 Å². The van der Waals surface area contributed by atoms with Crippen molar-refractivity contribution >= 4 is 17.4 Å². The lowest BCUT2D eigenvalue weighted by Gasteiger charge is -2.12. The van der Waals surface area contributed by atoms with Crippen molar-refractivity contribution in [3.63, 3.8) is 0 Å². The van der Waals surface area contributed by atoms with Gasteiger partial charge in [-0.15, -0.1) is 0 Å². The van der Waals surface area contributed by atoms with Crippen molar-refractivity contribution in [1.29, 1.82) is 0 Å². The summed E-state index contributed by atoms with van der Waals surface area (Å²) in [5.74, 6) is -0.745. The summed E-state index contributed by atoms with van der Waals surface area (Å²) in [5.41, 5.74) is 1.01. The van der Waals surface area contributed by atoms with E-state index in [1.54, 1.807) is 0 Å². The molecule has 2 rings (SSSR count). The van der Waals surface area contributed by atoms with Crippen molar-refractivity contribution in [2.24, 2.45) is 0 Å². The molecule has 0 radical (unpaired) electrons. The smallest absolute Gasteiger partial charge is 0.168 e. The first kappa shape index (κ1) is 15.7. The second-order valence-electron chi connectivity index (χ2n) is 4.99. The number of hydrogen-bond acceptors (Lipinski definition) is 2. The van der Waals surface area contributed by atoms with E-state index in [1.807, 2.05) is 16.9 Å². The van der Waals surface area contributed by atoms with Crippen molar-refractivity contribution in [2.45, 2.75) is 39.2 Å². The van der Waals surface area contributed by atoms with Crippen LogP contribution in [-0.2, 0) is 6.42 Å². The molecule has 0 atom stereocenters. The van der Waals surface area contributed by atoms with Gasteiger partial charge in [0.1, 0.15) is 5.82 Å². The summed E-state index contributed by atoms with van der Waals surface area (Å²) in [4.78, 5) is 12.1. The number of carbonyl (C=O) groups is 1. The second kappa shape index (κ2) is 6.85. The van der Waals surface area contributed by atoms with Crippen molar-refractivity contribution in [3.05, 3.63) is 52.6 Å². The third kappa shape index (κ3) is 3.70. The predicted molar refractivity (Wildman–Crippen MR) is 81.3 cm³/mol. The maximum absolute atomic E-state index is 13.4. The molecular formula is C16H18ClFN2O. The van der Waals surface area contributed by atoms with E-state index in [-0.39, 0.29) is 17.2 Å². The van der Waals surface area contributed by atoms with E-state index < -0.39 is 5.82 Å². The molecule has 0 saturated heterocycles. The Balaban J connectivity index is 2.11. The fourth-order valence-corrected chi connectivity index (χ4v) is 2.39. The summed E-state index contributed by atoms with van der Waals surface area (Å²) in [6, 6.07) is 6.28. The fraction of sp³-hybridized carbons (Fsp3) is 0.375. The number of halogens is 2. The van der Waals surface area contributed by atoms with Crippen LogP contribution in [0.4, 0.5) is 4.39 Å². The molecule has 112 valence electrons. The van der Waals surface area contributed by atoms with Gasteiger partial charge in [-0.2, -0.15) is 5.10 Å². The molecule has 1 aromatic heterocycles. The quantitative estimate of drug-likeness (QED) is 0.738. The molecule has 0 saturated carbocycles. The summed E-state index contributed by atoms with van der Waals surface area (Å²) in [5, 5.41) is 4.45. The summed E-state index contributed by atoms with van der Waals surface area (Å²) >= 11 is 5.61. The molecule has 0 amide bonds. The highest BCUT2D eigenvalue weighted by atomic mass is 35.5. The molecule has 2 aromatic rings. The van der Waals surface area contributed by atoms with Crippen LogP contribution in [0.2, 0.25) is 5.02 Å². The Morgan fingerprint density at radius 3 is 2.67 bits per heavy atom. The summed E-state index contributed by atoms with van der Waals surface area (Å²) < 4.78 is 15.3. The number of nitrogens with zero attached hydrogens (tertiary/aromatic N) is 2. The minimum atomic E-state index is -0.579. The Kier molecular flexibility index (Phi) is 5.12. The number of rotatable bonds is 6. The molecule has 21 heavy (non-hydrogen) atoms. The minimum absolute atomic E-state index is 0.0181. The Morgan fingerprint density at radius 1 is 1.33 bits per heavy atom. The van der Waals surface area contributed by atoms with Crippen LogP contribution in [0.25, 0.3) is 0 Å². The van der Waals surface area contributed by atoms with Crippen LogP contribution in [0.15, 0.2) is 30.5 Å². The number of Topliss-reactive ketones (excluding diaryl/α,β-unsaturated/α-hetero) is 1. The number of ketones is 1. The average molecular weight is 309 g/mol. The van der Waals surface area contributed by atoms with Crippen molar-refractivity contribution in [3.8, 4) is 0 Å². The van der Waals surface area contributed by atoms with Gasteiger partial charge < -0.3 is 0 Å². The second-order valence-corrected chi connectivity index (χ2v) is 5.39. The van der Waals surface area contributed by atoms with E-state index in [0.717, 1.165) is 12.8 Å². The van der Waals surface area contributed by atoms with E-state index in [2.05, 4.69) is 18.9 Å². The highest BCUT2D eigenvalue weighted by Gasteiger charge is 2.13. The van der Waals surface area contributed by atoms with Gasteiger partial charge >= 0.3 is 0 Å². The van der Waals surface area contributed by atoms with Crippen LogP contribution in [-0.4, -0.2) is 15.6 Å². The standard InChI is InChI=1S/C16H18ClFN2O/c1-3-13(4-2)20-8-7-12(19-20)10-16(21)11-5-6-14(17)15(18)9-11/h5-9,13H,3-4,10H2,1-2H3. The van der Waals surface area contributed by atoms with Crippen LogP contribution in [0, 0.1) is 5.82 Å². The lowest BCUT2D eigenvalue weighted by Crippen LogP contribution is -2.09. The van der Waals surface area contributed by atoms with E-state index >= 15 is 0 Å². The highest BCUT2D eigenvalue weighted by molar-refractivity contribution is 6.30. The van der Waals surface area contributed by atoms with Gasteiger partial charge in [0, 0.05) is 11.8 Å². The monoisotopic (exact) mass is 308 g/mol. The molecular weight excluding hydrogens is 291 g/mol. The molecule has 0 aliphatic heterocycles. The Labute approximate surface area is 128 Å². The Bertz CT molecular complexity index is 635. The normalized spacial score (nSPS) is 11.1. The molecule has 1 aromatic carbocycles. The number of hydrogen-bond donors (Lipinski definition) is 0. The predicted octanol–water partition coefficient (Wildman–Crippen LogP) is 4.46. The van der Waals surface area contributed by atoms with Crippen LogP contribution < -0.4 is 0 Å². The number of carbonyl (C=O) groups excluding carboxylic acids is 1. The van der Waals surface area contributed by atoms with E-state index in [9.17, 15) is 9.18 Å². The summed E-state index contributed by atoms with van der Waals surface area (Å²) in [7, 11) is 0. The number of aromatic nitrogens is 2. The largest absolute Gasteiger partial charge is 0.294 e. The minimum Gasteiger partial charge on any atom is -0.294 e. The first-order chi connectivity index (χ1) is 10.0. The van der Waals surface area contributed by atoms with Gasteiger partial charge in [-0.05, 0) is 37.1 Å². The highest BCUT2D eigenvalue weighted by Crippen LogP contribution is 2.18. The molecule has 0 N–H and O–H groups in total. The lowest BCUT2D eigenvalue weighted by atomic mass is 10.1. The Hall–Kier alpha value is -1.68. The van der Waals surface area contributed by atoms with Gasteiger partial charge in [0.25, 0.3) is 0 Å². The van der Waals surface area contributed by atoms with Crippen molar-refractivity contribution in [2.75, 3.05) is 0 Å². The van der Waals surface area contributed by atoms with Gasteiger partial charge in [0.2, 0.25) is 0 Å². The lowest BCUT2D eigenvalue weighted by molar-refractivity contribution is 0.0991. The van der Waals surface area contributed by atoms with Gasteiger partial charge in [-0.3, -0.25) is 9.48 Å². The van der Waals surface area contributed by atoms with E-state index in [4.69, 9.17) is 11.6 Å². The molecule has 0 spiro atoms. The maximum atomic E-state index is 13.4. The van der Waals surface area contributed by atoms with Crippen molar-refractivity contribution in [1.82, 2.24) is 9.78 Å². The van der Waals surface area contributed by atoms with Gasteiger partial charge in [0.15, 0.2) is 5.78 Å². The van der Waals surface area contributed by atoms with E-state index in [0.29, 0.717) is 17.3 Å². The Morgan fingerprint density at radius 2 is 2.05 bits per heavy atom. The third-order valence-corrected chi connectivity index (χ3v) is 3.87. The van der Waals surface area contributed by atoms with Gasteiger partial charge in [0.05, 0.1) is 23.2 Å². The van der Waals surface area contributed by atoms with Crippen LogP contribution in [0.1, 0.15) is 48.8 Å². The SMILES string of the molecule is CCC(CC)n1ccc(CC(=O)c2ccc(Cl)c(F)c2)n1. The molecule has 0 aliphatic carbocycles. The van der Waals surface area contributed by atoms with Crippen LogP contribution in [0.3, 0.4) is 0 Å². The zero-order valence-corrected chi connectivity index (χ0v) is 12.9. The zero-order chi connectivity index (χ0) is 15.4. The molecule has 0 bridgehead atoms. The molecule has 0 unspecified atom stereocenters. The molecule has 3 nitrogen and oxygen atoms in total. The topological polar surface area (TPSA) is 34.9 Å². The number of benzene rings is 1. The molecule has 0 fully saturated rings. The first-order valence-electron chi connectivity index (χ1n) is 7.07. The van der Waals surface area contributed by atoms with Crippen LogP contribution in [0.5, 0.6) is 0 Å². The average Bonchev–Trinajstić information content (AvgIpc) is 2.91. The fourth-order valence-electron chi connectivity index (χ4n) is 2.27. The molecule has 1 heterocycles. The van der Waals surface area contributed by atoms with Crippen molar-refractivity contribution < 1.29 is 9.18 Å². The summed E-state index contributed by atoms with van der Waals surface area (Å²) in [6.45, 7) is 4.22. The van der Waals surface area contributed by atoms with Gasteiger partial charge in [-0.1, -0.05) is 25.4 Å². The molecule has 5 heteroatoms. The van der Waals surface area contributed by atoms with Gasteiger partial charge in [-0.25, -0.2) is 4.39 Å².